The molecular formula is C25H23Br2N7O2. The Hall–Kier alpha value is -3.05. The van der Waals surface area contributed by atoms with E-state index in [1.807, 2.05) is 23.6 Å². The maximum Gasteiger partial charge on any atom is 0.248 e. The van der Waals surface area contributed by atoms with Crippen molar-refractivity contribution < 1.29 is 9.59 Å². The number of nitrogen functional groups attached to an aromatic ring is 1. The van der Waals surface area contributed by atoms with E-state index in [2.05, 4.69) is 59.1 Å². The number of aryl methyl sites for hydroxylation is 1. The number of nitrogens with zero attached hydrogens (tertiary/aromatic N) is 5. The average molecular weight is 613 g/mol. The van der Waals surface area contributed by atoms with Crippen LogP contribution in [0.5, 0.6) is 0 Å². The molecule has 0 radical (unpaired) electrons. The lowest BCUT2D eigenvalue weighted by Crippen LogP contribution is -2.46. The number of benzene rings is 1. The second kappa shape index (κ2) is 8.24. The molecule has 1 aliphatic heterocycles. The highest BCUT2D eigenvalue weighted by Crippen LogP contribution is 2.59. The van der Waals surface area contributed by atoms with Gasteiger partial charge in [-0.1, -0.05) is 28.9 Å². The second-order valence-electron chi connectivity index (χ2n) is 9.89. The molecule has 36 heavy (non-hydrogen) atoms. The van der Waals surface area contributed by atoms with Gasteiger partial charge in [-0.15, -0.1) is 0 Å². The third kappa shape index (κ3) is 3.67. The van der Waals surface area contributed by atoms with Crippen molar-refractivity contribution in [2.45, 2.75) is 45.3 Å². The molecule has 6 rings (SSSR count). The first kappa shape index (κ1) is 23.4. The highest BCUT2D eigenvalue weighted by molar-refractivity contribution is 9.10. The zero-order chi connectivity index (χ0) is 25.4. The summed E-state index contributed by atoms with van der Waals surface area (Å²) in [5.41, 5.74) is 8.66. The molecule has 2 fully saturated rings. The molecule has 9 nitrogen and oxygen atoms in total. The molecule has 2 aliphatic rings. The molecule has 11 heteroatoms. The topological polar surface area (TPSA) is 119 Å². The van der Waals surface area contributed by atoms with E-state index in [0.717, 1.165) is 27.4 Å². The van der Waals surface area contributed by atoms with Gasteiger partial charge < -0.3 is 20.5 Å². The Morgan fingerprint density at radius 2 is 2.03 bits per heavy atom. The third-order valence-corrected chi connectivity index (χ3v) is 8.73. The minimum absolute atomic E-state index is 0.0416. The smallest absolute Gasteiger partial charge is 0.248 e. The molecular weight excluding hydrogens is 590 g/mol. The Bertz CT molecular complexity index is 1590. The van der Waals surface area contributed by atoms with Gasteiger partial charge in [0.1, 0.15) is 40.8 Å². The van der Waals surface area contributed by atoms with Gasteiger partial charge in [0.25, 0.3) is 0 Å². The largest absolute Gasteiger partial charge is 0.383 e. The van der Waals surface area contributed by atoms with Gasteiger partial charge in [-0.3, -0.25) is 9.59 Å². The average Bonchev–Trinajstić information content (AvgIpc) is 3.25. The fraction of sp³-hybridized carbons (Fsp3) is 0.320. The van der Waals surface area contributed by atoms with Crippen molar-refractivity contribution in [1.82, 2.24) is 24.4 Å². The molecule has 3 aromatic heterocycles. The molecule has 4 heterocycles. The summed E-state index contributed by atoms with van der Waals surface area (Å²) in [7, 11) is 0. The van der Waals surface area contributed by atoms with Crippen LogP contribution >= 0.6 is 31.9 Å². The summed E-state index contributed by atoms with van der Waals surface area (Å²) in [4.78, 5) is 41.9. The van der Waals surface area contributed by atoms with Crippen LogP contribution in [0.3, 0.4) is 0 Å². The van der Waals surface area contributed by atoms with Crippen LogP contribution in [0, 0.1) is 12.3 Å². The van der Waals surface area contributed by atoms with Crippen LogP contribution in [0.1, 0.15) is 25.3 Å². The van der Waals surface area contributed by atoms with Gasteiger partial charge in [0.15, 0.2) is 0 Å². The molecule has 2 amide bonds. The lowest BCUT2D eigenvalue weighted by molar-refractivity contribution is -0.138. The first-order valence-electron chi connectivity index (χ1n) is 11.6. The number of carbonyl (C=O) groups is 2. The van der Waals surface area contributed by atoms with Crippen LogP contribution in [-0.4, -0.2) is 48.3 Å². The molecule has 1 saturated carbocycles. The number of pyridine rings is 1. The molecule has 184 valence electrons. The number of anilines is 2. The predicted molar refractivity (Wildman–Crippen MR) is 144 cm³/mol. The van der Waals surface area contributed by atoms with Gasteiger partial charge in [-0.25, -0.2) is 15.0 Å². The molecule has 1 saturated heterocycles. The molecule has 1 aromatic carbocycles. The van der Waals surface area contributed by atoms with Crippen LogP contribution < -0.4 is 11.1 Å². The summed E-state index contributed by atoms with van der Waals surface area (Å²) >= 11 is 6.93. The Morgan fingerprint density at radius 1 is 1.22 bits per heavy atom. The van der Waals surface area contributed by atoms with E-state index in [1.54, 1.807) is 23.1 Å². The van der Waals surface area contributed by atoms with Crippen molar-refractivity contribution in [3.63, 3.8) is 0 Å². The molecule has 1 aliphatic carbocycles. The minimum Gasteiger partial charge on any atom is -0.383 e. The maximum absolute atomic E-state index is 13.9. The Balaban J connectivity index is 1.36. The molecule has 3 atom stereocenters. The van der Waals surface area contributed by atoms with E-state index in [1.165, 1.54) is 6.33 Å². The summed E-state index contributed by atoms with van der Waals surface area (Å²) < 4.78 is 3.45. The number of rotatable bonds is 4. The zero-order valence-electron chi connectivity index (χ0n) is 19.6. The van der Waals surface area contributed by atoms with E-state index in [0.29, 0.717) is 33.7 Å². The SMILES string of the molecule is Cc1cc2c(cc1Br)c1c(N)ncnc1n2CC(=O)N1C2C[C@]2(C)C[C@H]1C(=O)Nc1cccc(Br)n1. The maximum atomic E-state index is 13.9. The molecule has 3 N–H and O–H groups in total. The number of nitrogens with one attached hydrogen (secondary N) is 1. The van der Waals surface area contributed by atoms with Crippen LogP contribution in [0.15, 0.2) is 45.7 Å². The Kier molecular flexibility index (Phi) is 5.34. The zero-order valence-corrected chi connectivity index (χ0v) is 22.8. The first-order chi connectivity index (χ1) is 17.2. The van der Waals surface area contributed by atoms with Gasteiger partial charge in [0.2, 0.25) is 11.8 Å². The standard InChI is InChI=1S/C25H23Br2N7O2/c1-12-6-15-13(7-14(12)26)21-22(28)29-11-30-23(21)33(15)10-20(35)34-16(8-25(2)9-17(25)34)24(36)32-19-5-3-4-18(27)31-19/h3-7,11,16-17H,8-10H2,1-2H3,(H2,28,29,30)(H,31,32,36)/t16-,17?,25-/m0/s1. The summed E-state index contributed by atoms with van der Waals surface area (Å²) in [6.45, 7) is 4.18. The monoisotopic (exact) mass is 611 g/mol. The molecule has 1 unspecified atom stereocenters. The highest BCUT2D eigenvalue weighted by atomic mass is 79.9. The summed E-state index contributed by atoms with van der Waals surface area (Å²) in [6, 6.07) is 8.81. The fourth-order valence-electron chi connectivity index (χ4n) is 5.48. The molecule has 4 aromatic rings. The van der Waals surface area contributed by atoms with Crippen molar-refractivity contribution in [2.24, 2.45) is 5.41 Å². The summed E-state index contributed by atoms with van der Waals surface area (Å²) in [5, 5.41) is 4.48. The Labute approximate surface area is 223 Å². The van der Waals surface area contributed by atoms with Crippen LogP contribution in [0.4, 0.5) is 11.6 Å². The number of likely N-dealkylation sites (tertiary alicyclic amines) is 1. The molecule has 0 bridgehead atoms. The minimum atomic E-state index is -0.564. The van der Waals surface area contributed by atoms with Crippen molar-refractivity contribution in [3.05, 3.63) is 51.3 Å². The van der Waals surface area contributed by atoms with Gasteiger partial charge in [-0.2, -0.15) is 0 Å². The van der Waals surface area contributed by atoms with Crippen molar-refractivity contribution >= 4 is 77.2 Å². The number of hydrogen-bond donors (Lipinski definition) is 2. The fourth-order valence-corrected chi connectivity index (χ4v) is 6.17. The number of carbonyl (C=O) groups excluding carboxylic acids is 2. The number of halogens is 2. The van der Waals surface area contributed by atoms with Gasteiger partial charge in [0.05, 0.1) is 10.9 Å². The lowest BCUT2D eigenvalue weighted by Gasteiger charge is -2.27. The summed E-state index contributed by atoms with van der Waals surface area (Å²) in [6.07, 6.45) is 2.93. The highest BCUT2D eigenvalue weighted by Gasteiger charge is 2.64. The lowest BCUT2D eigenvalue weighted by atomic mass is 10.0. The van der Waals surface area contributed by atoms with E-state index >= 15 is 0 Å². The van der Waals surface area contributed by atoms with Crippen LogP contribution in [0.2, 0.25) is 0 Å². The quantitative estimate of drug-likeness (QED) is 0.330. The number of piperidine rings is 1. The van der Waals surface area contributed by atoms with Crippen LogP contribution in [0.25, 0.3) is 21.9 Å². The first-order valence-corrected chi connectivity index (χ1v) is 13.2. The van der Waals surface area contributed by atoms with E-state index < -0.39 is 6.04 Å². The second-order valence-corrected chi connectivity index (χ2v) is 11.6. The van der Waals surface area contributed by atoms with E-state index in [-0.39, 0.29) is 29.8 Å². The van der Waals surface area contributed by atoms with E-state index in [9.17, 15) is 9.59 Å². The number of aromatic nitrogens is 4. The third-order valence-electron chi connectivity index (χ3n) is 7.43. The predicted octanol–water partition coefficient (Wildman–Crippen LogP) is 4.41. The number of hydrogen-bond acceptors (Lipinski definition) is 6. The number of nitrogens with two attached hydrogens (primary N) is 1. The van der Waals surface area contributed by atoms with Crippen molar-refractivity contribution in [2.75, 3.05) is 11.1 Å². The van der Waals surface area contributed by atoms with E-state index in [4.69, 9.17) is 5.73 Å². The normalized spacial score (nSPS) is 22.7. The van der Waals surface area contributed by atoms with Crippen molar-refractivity contribution in [1.29, 1.82) is 0 Å². The van der Waals surface area contributed by atoms with Gasteiger partial charge >= 0.3 is 0 Å². The number of fused-ring (bicyclic) bond motifs is 4. The molecule has 0 spiro atoms. The Morgan fingerprint density at radius 3 is 2.81 bits per heavy atom. The van der Waals surface area contributed by atoms with Crippen LogP contribution in [-0.2, 0) is 16.1 Å². The van der Waals surface area contributed by atoms with Gasteiger partial charge in [0, 0.05) is 15.9 Å². The van der Waals surface area contributed by atoms with Crippen molar-refractivity contribution in [3.8, 4) is 0 Å². The van der Waals surface area contributed by atoms with Gasteiger partial charge in [-0.05, 0) is 70.9 Å². The summed E-state index contributed by atoms with van der Waals surface area (Å²) in [5.74, 6) is 0.459. The number of amides is 2.